The molecule has 0 aliphatic rings. The topological polar surface area (TPSA) is 115 Å². The summed E-state index contributed by atoms with van der Waals surface area (Å²) in [5, 5.41) is 10.7. The van der Waals surface area contributed by atoms with Gasteiger partial charge in [-0.15, -0.1) is 0 Å². The lowest BCUT2D eigenvalue weighted by molar-refractivity contribution is -0.385. The fraction of sp³-hybridized carbons (Fsp3) is 0. The van der Waals surface area contributed by atoms with Crippen molar-refractivity contribution >= 4 is 27.1 Å². The van der Waals surface area contributed by atoms with Gasteiger partial charge in [0.2, 0.25) is 0 Å². The van der Waals surface area contributed by atoms with Crippen molar-refractivity contribution in [3.8, 4) is 0 Å². The molecular weight excluding hydrogens is 282 g/mol. The highest BCUT2D eigenvalue weighted by Gasteiger charge is 2.17. The Kier molecular flexibility index (Phi) is 3.57. The second kappa shape index (κ2) is 5.17. The van der Waals surface area contributed by atoms with Crippen LogP contribution in [0, 0.1) is 10.1 Å². The molecule has 2 aromatic carbocycles. The lowest BCUT2D eigenvalue weighted by atomic mass is 10.3. The highest BCUT2D eigenvalue weighted by Crippen LogP contribution is 2.20. The molecule has 20 heavy (non-hydrogen) atoms. The van der Waals surface area contributed by atoms with Gasteiger partial charge in [0.1, 0.15) is 0 Å². The molecule has 0 saturated heterocycles. The van der Waals surface area contributed by atoms with Gasteiger partial charge in [-0.25, -0.2) is 8.42 Å². The van der Waals surface area contributed by atoms with Gasteiger partial charge in [0, 0.05) is 23.5 Å². The van der Waals surface area contributed by atoms with E-state index < -0.39 is 14.9 Å². The highest BCUT2D eigenvalue weighted by atomic mass is 32.2. The lowest BCUT2D eigenvalue weighted by Gasteiger charge is -2.08. The van der Waals surface area contributed by atoms with Gasteiger partial charge in [-0.3, -0.25) is 14.8 Å². The Morgan fingerprint density at radius 1 is 1.10 bits per heavy atom. The fourth-order valence-corrected chi connectivity index (χ4v) is 2.63. The maximum atomic E-state index is 12.1. The van der Waals surface area contributed by atoms with Crippen molar-refractivity contribution < 1.29 is 13.3 Å². The Bertz CT molecular complexity index is 742. The number of benzene rings is 2. The Morgan fingerprint density at radius 2 is 1.75 bits per heavy atom. The molecule has 0 unspecified atom stereocenters. The summed E-state index contributed by atoms with van der Waals surface area (Å²) in [7, 11) is -3.88. The molecule has 0 fully saturated rings. The number of hydrogen-bond acceptors (Lipinski definition) is 5. The van der Waals surface area contributed by atoms with Gasteiger partial charge in [0.15, 0.2) is 0 Å². The number of hydrogen-bond donors (Lipinski definition) is 2. The van der Waals surface area contributed by atoms with E-state index >= 15 is 0 Å². The zero-order valence-corrected chi connectivity index (χ0v) is 11.0. The van der Waals surface area contributed by atoms with E-state index in [2.05, 4.69) is 4.72 Å². The number of nitrogen functional groups attached to an aromatic ring is 1. The molecule has 104 valence electrons. The van der Waals surface area contributed by atoms with Gasteiger partial charge < -0.3 is 5.73 Å². The van der Waals surface area contributed by atoms with E-state index in [0.29, 0.717) is 11.4 Å². The van der Waals surface area contributed by atoms with Crippen LogP contribution in [0.2, 0.25) is 0 Å². The Labute approximate surface area is 115 Å². The van der Waals surface area contributed by atoms with E-state index in [4.69, 9.17) is 5.73 Å². The van der Waals surface area contributed by atoms with Crippen molar-refractivity contribution in [3.63, 3.8) is 0 Å². The molecule has 0 spiro atoms. The van der Waals surface area contributed by atoms with Crippen LogP contribution in [0.3, 0.4) is 0 Å². The molecule has 0 heterocycles. The number of nitrogens with zero attached hydrogens (tertiary/aromatic N) is 1. The first-order chi connectivity index (χ1) is 9.38. The van der Waals surface area contributed by atoms with E-state index in [9.17, 15) is 18.5 Å². The van der Waals surface area contributed by atoms with Crippen molar-refractivity contribution in [2.24, 2.45) is 0 Å². The van der Waals surface area contributed by atoms with Crippen molar-refractivity contribution in [2.45, 2.75) is 4.90 Å². The van der Waals surface area contributed by atoms with E-state index in [1.54, 1.807) is 12.1 Å². The van der Waals surface area contributed by atoms with Gasteiger partial charge in [0.25, 0.3) is 15.7 Å². The van der Waals surface area contributed by atoms with Gasteiger partial charge in [-0.05, 0) is 30.3 Å². The third-order valence-corrected chi connectivity index (χ3v) is 3.88. The molecule has 0 aliphatic carbocycles. The largest absolute Gasteiger partial charge is 0.399 e. The van der Waals surface area contributed by atoms with Crippen LogP contribution >= 0.6 is 0 Å². The first-order valence-corrected chi connectivity index (χ1v) is 6.99. The summed E-state index contributed by atoms with van der Waals surface area (Å²) in [4.78, 5) is 9.82. The molecule has 7 nitrogen and oxygen atoms in total. The van der Waals surface area contributed by atoms with E-state index in [1.807, 2.05) is 0 Å². The molecular formula is C12H11N3O4S. The van der Waals surface area contributed by atoms with E-state index in [0.717, 1.165) is 6.07 Å². The fourth-order valence-electron chi connectivity index (χ4n) is 1.53. The predicted molar refractivity (Wildman–Crippen MR) is 74.8 cm³/mol. The third kappa shape index (κ3) is 3.04. The van der Waals surface area contributed by atoms with Crippen LogP contribution in [0.1, 0.15) is 0 Å². The summed E-state index contributed by atoms with van der Waals surface area (Å²) in [6.07, 6.45) is 0. The zero-order chi connectivity index (χ0) is 14.8. The summed E-state index contributed by atoms with van der Waals surface area (Å²) in [6.45, 7) is 0. The molecule has 2 rings (SSSR count). The number of sulfonamides is 1. The second-order valence-electron chi connectivity index (χ2n) is 3.98. The van der Waals surface area contributed by atoms with Crippen LogP contribution in [0.15, 0.2) is 53.4 Å². The molecule has 0 aliphatic heterocycles. The summed E-state index contributed by atoms with van der Waals surface area (Å²) < 4.78 is 26.5. The van der Waals surface area contributed by atoms with Gasteiger partial charge in [-0.1, -0.05) is 6.07 Å². The Morgan fingerprint density at radius 3 is 2.35 bits per heavy atom. The minimum atomic E-state index is -3.88. The standard InChI is InChI=1S/C12H11N3O4S/c13-9-4-6-10(7-5-9)14-20(18,19)12-3-1-2-11(8-12)15(16)17/h1-8,14H,13H2. The van der Waals surface area contributed by atoms with Crippen LogP contribution in [-0.4, -0.2) is 13.3 Å². The van der Waals surface area contributed by atoms with Crippen LogP contribution in [0.4, 0.5) is 17.1 Å². The first-order valence-electron chi connectivity index (χ1n) is 5.51. The van der Waals surface area contributed by atoms with E-state index in [1.165, 1.54) is 30.3 Å². The van der Waals surface area contributed by atoms with Crippen molar-refractivity contribution in [3.05, 3.63) is 58.6 Å². The van der Waals surface area contributed by atoms with E-state index in [-0.39, 0.29) is 10.6 Å². The summed E-state index contributed by atoms with van der Waals surface area (Å²) in [5.41, 5.74) is 6.04. The summed E-state index contributed by atoms with van der Waals surface area (Å²) >= 11 is 0. The van der Waals surface area contributed by atoms with Crippen LogP contribution in [0.25, 0.3) is 0 Å². The van der Waals surface area contributed by atoms with Gasteiger partial charge in [0.05, 0.1) is 9.82 Å². The molecule has 0 radical (unpaired) electrons. The maximum absolute atomic E-state index is 12.1. The molecule has 3 N–H and O–H groups in total. The number of nitro benzene ring substituents is 1. The SMILES string of the molecule is Nc1ccc(NS(=O)(=O)c2cccc([N+](=O)[O-])c2)cc1. The minimum Gasteiger partial charge on any atom is -0.399 e. The normalized spacial score (nSPS) is 11.0. The molecule has 2 aromatic rings. The summed E-state index contributed by atoms with van der Waals surface area (Å²) in [6, 6.07) is 10.9. The number of nitro groups is 1. The smallest absolute Gasteiger partial charge is 0.270 e. The molecule has 0 atom stereocenters. The van der Waals surface area contributed by atoms with Gasteiger partial charge in [-0.2, -0.15) is 0 Å². The molecule has 0 aromatic heterocycles. The van der Waals surface area contributed by atoms with Crippen LogP contribution in [-0.2, 0) is 10.0 Å². The molecule has 0 bridgehead atoms. The maximum Gasteiger partial charge on any atom is 0.270 e. The number of non-ortho nitro benzene ring substituents is 1. The van der Waals surface area contributed by atoms with Crippen LogP contribution in [0.5, 0.6) is 0 Å². The highest BCUT2D eigenvalue weighted by molar-refractivity contribution is 7.92. The molecule has 0 amide bonds. The summed E-state index contributed by atoms with van der Waals surface area (Å²) in [5.74, 6) is 0. The lowest BCUT2D eigenvalue weighted by Crippen LogP contribution is -2.13. The Hall–Kier alpha value is -2.61. The molecule has 8 heteroatoms. The third-order valence-electron chi connectivity index (χ3n) is 2.50. The minimum absolute atomic E-state index is 0.177. The van der Waals surface area contributed by atoms with Gasteiger partial charge >= 0.3 is 0 Å². The predicted octanol–water partition coefficient (Wildman–Crippen LogP) is 1.98. The average molecular weight is 293 g/mol. The first kappa shape index (κ1) is 13.8. The number of rotatable bonds is 4. The zero-order valence-electron chi connectivity index (χ0n) is 10.2. The van der Waals surface area contributed by atoms with Crippen molar-refractivity contribution in [1.82, 2.24) is 0 Å². The number of anilines is 2. The second-order valence-corrected chi connectivity index (χ2v) is 5.66. The number of nitrogens with two attached hydrogens (primary N) is 1. The monoisotopic (exact) mass is 293 g/mol. The average Bonchev–Trinajstić information content (AvgIpc) is 2.41. The van der Waals surface area contributed by atoms with Crippen molar-refractivity contribution in [2.75, 3.05) is 10.5 Å². The van der Waals surface area contributed by atoms with Crippen LogP contribution < -0.4 is 10.5 Å². The van der Waals surface area contributed by atoms with Crippen molar-refractivity contribution in [1.29, 1.82) is 0 Å². The molecule has 0 saturated carbocycles. The quantitative estimate of drug-likeness (QED) is 0.508. The Balaban J connectivity index is 2.33. The number of nitrogens with one attached hydrogen (secondary N) is 1.